The predicted molar refractivity (Wildman–Crippen MR) is 88.1 cm³/mol. The molecule has 0 atom stereocenters. The van der Waals surface area contributed by atoms with Gasteiger partial charge in [-0.05, 0) is 26.8 Å². The molecule has 132 valence electrons. The van der Waals surface area contributed by atoms with Crippen LogP contribution in [0.2, 0.25) is 0 Å². The van der Waals surface area contributed by atoms with Gasteiger partial charge < -0.3 is 24.8 Å². The highest BCUT2D eigenvalue weighted by atomic mass is 16.6. The van der Waals surface area contributed by atoms with Crippen LogP contribution in [0, 0.1) is 0 Å². The van der Waals surface area contributed by atoms with Gasteiger partial charge in [-0.15, -0.1) is 0 Å². The van der Waals surface area contributed by atoms with Crippen LogP contribution < -0.4 is 20.1 Å². The Balaban J connectivity index is 1.73. The van der Waals surface area contributed by atoms with Crippen LogP contribution in [0.1, 0.15) is 32.8 Å². The highest BCUT2D eigenvalue weighted by molar-refractivity contribution is 5.77. The van der Waals surface area contributed by atoms with Crippen LogP contribution in [0.4, 0.5) is 4.79 Å². The van der Waals surface area contributed by atoms with Crippen molar-refractivity contribution in [3.63, 3.8) is 0 Å². The van der Waals surface area contributed by atoms with E-state index in [2.05, 4.69) is 10.6 Å². The average Bonchev–Trinajstić information content (AvgIpc) is 2.51. The van der Waals surface area contributed by atoms with E-state index in [-0.39, 0.29) is 18.9 Å². The summed E-state index contributed by atoms with van der Waals surface area (Å²) in [6, 6.07) is 5.58. The molecule has 1 heterocycles. The third-order valence-corrected chi connectivity index (χ3v) is 3.14. The molecule has 2 amide bonds. The molecule has 0 saturated carbocycles. The SMILES string of the molecule is CC(C)(C)OC(=O)NCCC(=O)NCc1cccc2c1OCCO2. The van der Waals surface area contributed by atoms with Crippen molar-refractivity contribution in [3.8, 4) is 11.5 Å². The summed E-state index contributed by atoms with van der Waals surface area (Å²) in [5.74, 6) is 1.20. The van der Waals surface area contributed by atoms with Crippen LogP contribution >= 0.6 is 0 Å². The van der Waals surface area contributed by atoms with Gasteiger partial charge in [-0.2, -0.15) is 0 Å². The Labute approximate surface area is 141 Å². The number of carbonyl (C=O) groups excluding carboxylic acids is 2. The molecule has 0 saturated heterocycles. The summed E-state index contributed by atoms with van der Waals surface area (Å²) >= 11 is 0. The Morgan fingerprint density at radius 3 is 2.67 bits per heavy atom. The van der Waals surface area contributed by atoms with Crippen LogP contribution in [-0.4, -0.2) is 37.4 Å². The maximum Gasteiger partial charge on any atom is 0.407 e. The Kier molecular flexibility index (Phi) is 5.89. The fourth-order valence-electron chi connectivity index (χ4n) is 2.15. The minimum absolute atomic E-state index is 0.166. The van der Waals surface area contributed by atoms with E-state index in [0.717, 1.165) is 5.56 Å². The number of amides is 2. The number of rotatable bonds is 5. The molecule has 0 aromatic heterocycles. The summed E-state index contributed by atoms with van der Waals surface area (Å²) < 4.78 is 16.2. The number of hydrogen-bond donors (Lipinski definition) is 2. The molecule has 2 rings (SSSR count). The number of benzene rings is 1. The minimum atomic E-state index is -0.555. The number of carbonyl (C=O) groups is 2. The van der Waals surface area contributed by atoms with Gasteiger partial charge in [0.05, 0.1) is 0 Å². The molecule has 7 heteroatoms. The molecule has 0 spiro atoms. The van der Waals surface area contributed by atoms with Gasteiger partial charge in [0.2, 0.25) is 5.91 Å². The second-order valence-corrected chi connectivity index (χ2v) is 6.40. The van der Waals surface area contributed by atoms with Gasteiger partial charge in [-0.3, -0.25) is 4.79 Å². The summed E-state index contributed by atoms with van der Waals surface area (Å²) in [5.41, 5.74) is 0.307. The Morgan fingerprint density at radius 1 is 1.17 bits per heavy atom. The second-order valence-electron chi connectivity index (χ2n) is 6.40. The molecular weight excluding hydrogens is 312 g/mol. The quantitative estimate of drug-likeness (QED) is 0.859. The number of fused-ring (bicyclic) bond motifs is 1. The number of hydrogen-bond acceptors (Lipinski definition) is 5. The van der Waals surface area contributed by atoms with Gasteiger partial charge in [0, 0.05) is 25.1 Å². The van der Waals surface area contributed by atoms with Gasteiger partial charge in [-0.25, -0.2) is 4.79 Å². The smallest absolute Gasteiger partial charge is 0.407 e. The molecule has 2 N–H and O–H groups in total. The first kappa shape index (κ1) is 17.9. The fraction of sp³-hybridized carbons (Fsp3) is 0.529. The van der Waals surface area contributed by atoms with Crippen molar-refractivity contribution in [1.82, 2.24) is 10.6 Å². The van der Waals surface area contributed by atoms with Gasteiger partial charge in [0.25, 0.3) is 0 Å². The fourth-order valence-corrected chi connectivity index (χ4v) is 2.15. The van der Waals surface area contributed by atoms with Crippen LogP contribution in [-0.2, 0) is 16.1 Å². The molecule has 1 aliphatic heterocycles. The summed E-state index contributed by atoms with van der Waals surface area (Å²) in [4.78, 5) is 23.4. The largest absolute Gasteiger partial charge is 0.486 e. The maximum atomic E-state index is 11.9. The lowest BCUT2D eigenvalue weighted by atomic mass is 10.1. The van der Waals surface area contributed by atoms with E-state index in [9.17, 15) is 9.59 Å². The van der Waals surface area contributed by atoms with Crippen LogP contribution in [0.15, 0.2) is 18.2 Å². The lowest BCUT2D eigenvalue weighted by molar-refractivity contribution is -0.121. The van der Waals surface area contributed by atoms with E-state index in [1.165, 1.54) is 0 Å². The van der Waals surface area contributed by atoms with Crippen molar-refractivity contribution in [2.75, 3.05) is 19.8 Å². The van der Waals surface area contributed by atoms with Crippen molar-refractivity contribution in [3.05, 3.63) is 23.8 Å². The number of para-hydroxylation sites is 1. The summed E-state index contributed by atoms with van der Waals surface area (Å²) in [6.07, 6.45) is -0.357. The predicted octanol–water partition coefficient (Wildman–Crippen LogP) is 1.99. The van der Waals surface area contributed by atoms with Crippen molar-refractivity contribution >= 4 is 12.0 Å². The van der Waals surface area contributed by atoms with Crippen LogP contribution in [0.5, 0.6) is 11.5 Å². The second kappa shape index (κ2) is 7.90. The molecular formula is C17H24N2O5. The maximum absolute atomic E-state index is 11.9. The summed E-state index contributed by atoms with van der Waals surface area (Å²) in [6.45, 7) is 6.94. The topological polar surface area (TPSA) is 85.9 Å². The highest BCUT2D eigenvalue weighted by Gasteiger charge is 2.17. The first-order valence-corrected chi connectivity index (χ1v) is 7.96. The Morgan fingerprint density at radius 2 is 1.92 bits per heavy atom. The summed E-state index contributed by atoms with van der Waals surface area (Å²) in [5, 5.41) is 5.36. The number of ether oxygens (including phenoxy) is 3. The molecule has 24 heavy (non-hydrogen) atoms. The monoisotopic (exact) mass is 336 g/mol. The standard InChI is InChI=1S/C17H24N2O5/c1-17(2,3)24-16(21)18-8-7-14(20)19-11-12-5-4-6-13-15(12)23-10-9-22-13/h4-6H,7-11H2,1-3H3,(H,18,21)(H,19,20). The molecule has 0 unspecified atom stereocenters. The van der Waals surface area contributed by atoms with Crippen molar-refractivity contribution in [2.45, 2.75) is 39.3 Å². The molecule has 0 bridgehead atoms. The Hall–Kier alpha value is -2.44. The molecule has 1 aromatic rings. The zero-order chi connectivity index (χ0) is 17.6. The molecule has 1 aliphatic rings. The molecule has 1 aromatic carbocycles. The van der Waals surface area contributed by atoms with Crippen LogP contribution in [0.25, 0.3) is 0 Å². The highest BCUT2D eigenvalue weighted by Crippen LogP contribution is 2.33. The Bertz CT molecular complexity index is 595. The van der Waals surface area contributed by atoms with Crippen molar-refractivity contribution in [1.29, 1.82) is 0 Å². The third-order valence-electron chi connectivity index (χ3n) is 3.14. The molecule has 7 nitrogen and oxygen atoms in total. The van der Waals surface area contributed by atoms with E-state index >= 15 is 0 Å². The number of alkyl carbamates (subject to hydrolysis) is 1. The molecule has 0 fully saturated rings. The lowest BCUT2D eigenvalue weighted by Gasteiger charge is -2.21. The van der Waals surface area contributed by atoms with Gasteiger partial charge >= 0.3 is 6.09 Å². The molecule has 0 aliphatic carbocycles. The van der Waals surface area contributed by atoms with E-state index < -0.39 is 11.7 Å². The van der Waals surface area contributed by atoms with Crippen LogP contribution in [0.3, 0.4) is 0 Å². The van der Waals surface area contributed by atoms with Crippen molar-refractivity contribution < 1.29 is 23.8 Å². The third kappa shape index (κ3) is 5.64. The zero-order valence-corrected chi connectivity index (χ0v) is 14.3. The van der Waals surface area contributed by atoms with Gasteiger partial charge in [0.1, 0.15) is 18.8 Å². The summed E-state index contributed by atoms with van der Waals surface area (Å²) in [7, 11) is 0. The first-order valence-electron chi connectivity index (χ1n) is 7.96. The zero-order valence-electron chi connectivity index (χ0n) is 14.3. The van der Waals surface area contributed by atoms with E-state index in [1.54, 1.807) is 20.8 Å². The molecule has 0 radical (unpaired) electrons. The lowest BCUT2D eigenvalue weighted by Crippen LogP contribution is -2.35. The first-order chi connectivity index (χ1) is 11.3. The van der Waals surface area contributed by atoms with Crippen molar-refractivity contribution in [2.24, 2.45) is 0 Å². The normalized spacial score (nSPS) is 13.1. The average molecular weight is 336 g/mol. The minimum Gasteiger partial charge on any atom is -0.486 e. The van der Waals surface area contributed by atoms with Gasteiger partial charge in [0.15, 0.2) is 11.5 Å². The van der Waals surface area contributed by atoms with E-state index in [1.807, 2.05) is 18.2 Å². The van der Waals surface area contributed by atoms with Gasteiger partial charge in [-0.1, -0.05) is 12.1 Å². The van der Waals surface area contributed by atoms with E-state index in [0.29, 0.717) is 31.3 Å². The number of nitrogens with one attached hydrogen (secondary N) is 2. The van der Waals surface area contributed by atoms with E-state index in [4.69, 9.17) is 14.2 Å².